The van der Waals surface area contributed by atoms with Gasteiger partial charge in [0.2, 0.25) is 0 Å². The van der Waals surface area contributed by atoms with Crippen molar-refractivity contribution in [2.45, 2.75) is 51.6 Å². The van der Waals surface area contributed by atoms with Gasteiger partial charge in [0.15, 0.2) is 0 Å². The van der Waals surface area contributed by atoms with Crippen LogP contribution in [0.3, 0.4) is 0 Å². The predicted molar refractivity (Wildman–Crippen MR) is 60.5 cm³/mol. The zero-order valence-electron chi connectivity index (χ0n) is 9.63. The SMILES string of the molecule is CCC1CC(NC2CC2)CN(CC)C1. The van der Waals surface area contributed by atoms with Gasteiger partial charge in [-0.1, -0.05) is 20.3 Å². The third-order valence-electron chi connectivity index (χ3n) is 3.69. The highest BCUT2D eigenvalue weighted by Crippen LogP contribution is 2.24. The Morgan fingerprint density at radius 1 is 1.14 bits per heavy atom. The minimum Gasteiger partial charge on any atom is -0.310 e. The first-order valence-corrected chi connectivity index (χ1v) is 6.30. The molecule has 2 heteroatoms. The summed E-state index contributed by atoms with van der Waals surface area (Å²) < 4.78 is 0. The van der Waals surface area contributed by atoms with Crippen molar-refractivity contribution in [1.29, 1.82) is 0 Å². The highest BCUT2D eigenvalue weighted by atomic mass is 15.2. The molecular formula is C12H24N2. The van der Waals surface area contributed by atoms with Crippen LogP contribution in [0.15, 0.2) is 0 Å². The molecule has 0 aromatic rings. The first-order valence-electron chi connectivity index (χ1n) is 6.30. The summed E-state index contributed by atoms with van der Waals surface area (Å²) in [5.74, 6) is 0.931. The zero-order valence-corrected chi connectivity index (χ0v) is 9.63. The Hall–Kier alpha value is -0.0800. The molecule has 2 nitrogen and oxygen atoms in total. The molecule has 0 radical (unpaired) electrons. The molecule has 2 unspecified atom stereocenters. The summed E-state index contributed by atoms with van der Waals surface area (Å²) in [7, 11) is 0. The van der Waals surface area contributed by atoms with E-state index in [9.17, 15) is 0 Å². The molecule has 0 amide bonds. The second-order valence-corrected chi connectivity index (χ2v) is 5.00. The number of likely N-dealkylation sites (tertiary alicyclic amines) is 1. The summed E-state index contributed by atoms with van der Waals surface area (Å²) in [6, 6.07) is 1.65. The summed E-state index contributed by atoms with van der Waals surface area (Å²) in [5, 5.41) is 3.78. The average molecular weight is 196 g/mol. The fourth-order valence-electron chi connectivity index (χ4n) is 2.56. The zero-order chi connectivity index (χ0) is 9.97. The highest BCUT2D eigenvalue weighted by molar-refractivity contribution is 4.89. The van der Waals surface area contributed by atoms with Crippen molar-refractivity contribution in [3.63, 3.8) is 0 Å². The van der Waals surface area contributed by atoms with E-state index in [0.29, 0.717) is 0 Å². The molecule has 2 rings (SSSR count). The molecule has 1 saturated carbocycles. The Labute approximate surface area is 88.1 Å². The molecule has 0 bridgehead atoms. The third kappa shape index (κ3) is 2.71. The molecule has 1 saturated heterocycles. The maximum Gasteiger partial charge on any atom is 0.0200 e. The summed E-state index contributed by atoms with van der Waals surface area (Å²) >= 11 is 0. The number of nitrogens with one attached hydrogen (secondary N) is 1. The Kier molecular flexibility index (Phi) is 3.45. The van der Waals surface area contributed by atoms with Gasteiger partial charge in [-0.25, -0.2) is 0 Å². The molecule has 0 spiro atoms. The van der Waals surface area contributed by atoms with Gasteiger partial charge in [0.05, 0.1) is 0 Å². The van der Waals surface area contributed by atoms with Gasteiger partial charge in [0.1, 0.15) is 0 Å². The predicted octanol–water partition coefficient (Wildman–Crippen LogP) is 1.86. The summed E-state index contributed by atoms with van der Waals surface area (Å²) in [6.45, 7) is 8.45. The minimum absolute atomic E-state index is 0.779. The van der Waals surface area contributed by atoms with E-state index in [1.165, 1.54) is 45.3 Å². The van der Waals surface area contributed by atoms with Gasteiger partial charge in [0.25, 0.3) is 0 Å². The van der Waals surface area contributed by atoms with Crippen LogP contribution < -0.4 is 5.32 Å². The van der Waals surface area contributed by atoms with E-state index in [1.807, 2.05) is 0 Å². The number of nitrogens with zero attached hydrogens (tertiary/aromatic N) is 1. The van der Waals surface area contributed by atoms with Gasteiger partial charge in [-0.2, -0.15) is 0 Å². The maximum absolute atomic E-state index is 3.78. The maximum atomic E-state index is 3.78. The van der Waals surface area contributed by atoms with Crippen molar-refractivity contribution in [3.8, 4) is 0 Å². The van der Waals surface area contributed by atoms with Crippen molar-refractivity contribution in [2.75, 3.05) is 19.6 Å². The first kappa shape index (κ1) is 10.4. The van der Waals surface area contributed by atoms with Gasteiger partial charge < -0.3 is 10.2 Å². The molecule has 82 valence electrons. The lowest BCUT2D eigenvalue weighted by Gasteiger charge is -2.37. The van der Waals surface area contributed by atoms with Crippen molar-refractivity contribution in [2.24, 2.45) is 5.92 Å². The lowest BCUT2D eigenvalue weighted by molar-refractivity contribution is 0.144. The van der Waals surface area contributed by atoms with Gasteiger partial charge in [-0.05, 0) is 31.7 Å². The van der Waals surface area contributed by atoms with Crippen molar-refractivity contribution < 1.29 is 0 Å². The topological polar surface area (TPSA) is 15.3 Å². The summed E-state index contributed by atoms with van der Waals surface area (Å²) in [6.07, 6.45) is 5.58. The second-order valence-electron chi connectivity index (χ2n) is 5.00. The number of hydrogen-bond acceptors (Lipinski definition) is 2. The number of piperidine rings is 1. The Morgan fingerprint density at radius 3 is 2.50 bits per heavy atom. The summed E-state index contributed by atoms with van der Waals surface area (Å²) in [5.41, 5.74) is 0. The largest absolute Gasteiger partial charge is 0.310 e. The van der Waals surface area contributed by atoms with Gasteiger partial charge in [0, 0.05) is 25.2 Å². The van der Waals surface area contributed by atoms with E-state index >= 15 is 0 Å². The monoisotopic (exact) mass is 196 g/mol. The molecule has 2 fully saturated rings. The average Bonchev–Trinajstić information content (AvgIpc) is 3.01. The van der Waals surface area contributed by atoms with Gasteiger partial charge >= 0.3 is 0 Å². The van der Waals surface area contributed by atoms with Gasteiger partial charge in [-0.15, -0.1) is 0 Å². The second kappa shape index (κ2) is 4.63. The fourth-order valence-corrected chi connectivity index (χ4v) is 2.56. The van der Waals surface area contributed by atoms with Crippen LogP contribution in [0.4, 0.5) is 0 Å². The Morgan fingerprint density at radius 2 is 1.93 bits per heavy atom. The van der Waals surface area contributed by atoms with Crippen LogP contribution in [-0.4, -0.2) is 36.6 Å². The minimum atomic E-state index is 0.779. The molecule has 1 heterocycles. The van der Waals surface area contributed by atoms with Crippen LogP contribution in [0.25, 0.3) is 0 Å². The normalized spacial score (nSPS) is 34.7. The van der Waals surface area contributed by atoms with Crippen molar-refractivity contribution in [3.05, 3.63) is 0 Å². The van der Waals surface area contributed by atoms with E-state index < -0.39 is 0 Å². The van der Waals surface area contributed by atoms with E-state index in [0.717, 1.165) is 18.0 Å². The van der Waals surface area contributed by atoms with Crippen LogP contribution in [0.1, 0.15) is 39.5 Å². The van der Waals surface area contributed by atoms with Crippen LogP contribution >= 0.6 is 0 Å². The standard InChI is InChI=1S/C12H24N2/c1-3-10-7-12(13-11-5-6-11)9-14(4-2)8-10/h10-13H,3-9H2,1-2H3. The molecule has 2 atom stereocenters. The molecule has 1 aliphatic heterocycles. The van der Waals surface area contributed by atoms with E-state index in [4.69, 9.17) is 0 Å². The molecule has 2 aliphatic rings. The van der Waals surface area contributed by atoms with Crippen molar-refractivity contribution in [1.82, 2.24) is 10.2 Å². The number of rotatable bonds is 4. The molecule has 14 heavy (non-hydrogen) atoms. The molecule has 0 aromatic carbocycles. The molecule has 0 aromatic heterocycles. The Balaban J connectivity index is 1.82. The third-order valence-corrected chi connectivity index (χ3v) is 3.69. The van der Waals surface area contributed by atoms with Crippen LogP contribution in [0.5, 0.6) is 0 Å². The lowest BCUT2D eigenvalue weighted by Crippen LogP contribution is -2.49. The quantitative estimate of drug-likeness (QED) is 0.738. The number of hydrogen-bond donors (Lipinski definition) is 1. The fraction of sp³-hybridized carbons (Fsp3) is 1.00. The summed E-state index contributed by atoms with van der Waals surface area (Å²) in [4.78, 5) is 2.61. The molecular weight excluding hydrogens is 172 g/mol. The van der Waals surface area contributed by atoms with E-state index in [-0.39, 0.29) is 0 Å². The molecule has 1 aliphatic carbocycles. The van der Waals surface area contributed by atoms with Crippen LogP contribution in [0, 0.1) is 5.92 Å². The van der Waals surface area contributed by atoms with E-state index in [2.05, 4.69) is 24.1 Å². The number of likely N-dealkylation sites (N-methyl/N-ethyl adjacent to an activating group) is 1. The van der Waals surface area contributed by atoms with Crippen molar-refractivity contribution >= 4 is 0 Å². The molecule has 1 N–H and O–H groups in total. The van der Waals surface area contributed by atoms with Crippen LogP contribution in [0.2, 0.25) is 0 Å². The lowest BCUT2D eigenvalue weighted by atomic mass is 9.92. The highest BCUT2D eigenvalue weighted by Gasteiger charge is 2.30. The van der Waals surface area contributed by atoms with Crippen LogP contribution in [-0.2, 0) is 0 Å². The van der Waals surface area contributed by atoms with Gasteiger partial charge in [-0.3, -0.25) is 0 Å². The Bertz CT molecular complexity index is 165. The van der Waals surface area contributed by atoms with E-state index in [1.54, 1.807) is 0 Å². The smallest absolute Gasteiger partial charge is 0.0200 e. The first-order chi connectivity index (χ1) is 6.81.